The van der Waals surface area contributed by atoms with Crippen LogP contribution in [0.1, 0.15) is 46.0 Å². The molecule has 176 valence electrons. The molecular weight excluding hydrogens is 439 g/mol. The summed E-state index contributed by atoms with van der Waals surface area (Å²) in [5.41, 5.74) is 1.80. The normalized spacial score (nSPS) is 10.5. The number of esters is 2. The molecule has 0 bridgehead atoms. The lowest BCUT2D eigenvalue weighted by molar-refractivity contribution is -0.140. The zero-order chi connectivity index (χ0) is 24.5. The maximum Gasteiger partial charge on any atom is 0.366 e. The van der Waals surface area contributed by atoms with Crippen molar-refractivity contribution < 1.29 is 33.0 Å². The molecule has 3 aromatic carbocycles. The lowest BCUT2D eigenvalue weighted by atomic mass is 10.00. The number of benzene rings is 3. The van der Waals surface area contributed by atoms with Gasteiger partial charge in [0, 0.05) is 6.42 Å². The van der Waals surface area contributed by atoms with Crippen LogP contribution in [0, 0.1) is 0 Å². The van der Waals surface area contributed by atoms with E-state index in [1.54, 1.807) is 30.3 Å². The molecule has 0 aliphatic heterocycles. The van der Waals surface area contributed by atoms with Gasteiger partial charge in [-0.25, -0.2) is 9.59 Å². The van der Waals surface area contributed by atoms with Gasteiger partial charge in [-0.05, 0) is 53.1 Å². The van der Waals surface area contributed by atoms with Crippen LogP contribution in [0.3, 0.4) is 0 Å². The van der Waals surface area contributed by atoms with Crippen LogP contribution < -0.4 is 9.47 Å². The van der Waals surface area contributed by atoms with E-state index in [2.05, 4.69) is 18.2 Å². The van der Waals surface area contributed by atoms with Crippen LogP contribution in [0.2, 0.25) is 0 Å². The lowest BCUT2D eigenvalue weighted by Gasteiger charge is -2.11. The maximum atomic E-state index is 12.6. The summed E-state index contributed by atoms with van der Waals surface area (Å²) in [5, 5.41) is 1.64. The maximum absolute atomic E-state index is 12.6. The number of hydrogen-bond donors (Lipinski definition) is 0. The molecular formula is C27H25FO6. The molecule has 0 saturated heterocycles. The zero-order valence-corrected chi connectivity index (χ0v) is 18.8. The summed E-state index contributed by atoms with van der Waals surface area (Å²) in [6.07, 6.45) is 3.03. The average molecular weight is 464 g/mol. The summed E-state index contributed by atoms with van der Waals surface area (Å²) < 4.78 is 28.2. The Hall–Kier alpha value is -4.00. The molecule has 3 aromatic rings. The van der Waals surface area contributed by atoms with E-state index in [-0.39, 0.29) is 24.5 Å². The summed E-state index contributed by atoms with van der Waals surface area (Å²) in [6, 6.07) is 15.6. The number of hydrogen-bond acceptors (Lipinski definition) is 6. The van der Waals surface area contributed by atoms with Gasteiger partial charge in [0.2, 0.25) is 5.83 Å². The Morgan fingerprint density at radius 1 is 1.03 bits per heavy atom. The van der Waals surface area contributed by atoms with E-state index in [1.165, 1.54) is 5.56 Å². The molecule has 0 aromatic heterocycles. The van der Waals surface area contributed by atoms with E-state index >= 15 is 0 Å². The highest BCUT2D eigenvalue weighted by Crippen LogP contribution is 2.28. The van der Waals surface area contributed by atoms with Crippen LogP contribution in [0.4, 0.5) is 4.39 Å². The summed E-state index contributed by atoms with van der Waals surface area (Å²) >= 11 is 0. The van der Waals surface area contributed by atoms with Crippen LogP contribution in [-0.2, 0) is 16.0 Å². The Bertz CT molecular complexity index is 1200. The Labute approximate surface area is 196 Å². The summed E-state index contributed by atoms with van der Waals surface area (Å²) in [7, 11) is 0. The standard InChI is InChI=1S/C27H25FO6/c1-3-5-19-6-12-23-21(16-19)9-13-25(24(23)17-29)34-27(31)20-7-10-22(11-8-20)32-14-4-15-33-26(30)18(2)28/h6-13,16-17H,2-5,14-15H2,1H3. The van der Waals surface area contributed by atoms with E-state index in [0.29, 0.717) is 24.0 Å². The second kappa shape index (κ2) is 11.7. The van der Waals surface area contributed by atoms with Crippen molar-refractivity contribution in [3.63, 3.8) is 0 Å². The summed E-state index contributed by atoms with van der Waals surface area (Å²) in [6.45, 7) is 5.19. The Morgan fingerprint density at radius 2 is 1.79 bits per heavy atom. The summed E-state index contributed by atoms with van der Waals surface area (Å²) in [5.74, 6) is -2.14. The quantitative estimate of drug-likeness (QED) is 0.121. The zero-order valence-electron chi connectivity index (χ0n) is 18.8. The summed E-state index contributed by atoms with van der Waals surface area (Å²) in [4.78, 5) is 35.3. The van der Waals surface area contributed by atoms with Crippen molar-refractivity contribution in [2.24, 2.45) is 0 Å². The highest BCUT2D eigenvalue weighted by atomic mass is 19.1. The first-order chi connectivity index (χ1) is 16.4. The number of carbonyl (C=O) groups is 3. The molecule has 34 heavy (non-hydrogen) atoms. The minimum atomic E-state index is -1.14. The van der Waals surface area contributed by atoms with Crippen molar-refractivity contribution in [2.75, 3.05) is 13.2 Å². The van der Waals surface area contributed by atoms with Gasteiger partial charge in [0.1, 0.15) is 11.5 Å². The van der Waals surface area contributed by atoms with Gasteiger partial charge in [0.05, 0.1) is 24.3 Å². The number of aryl methyl sites for hydroxylation is 1. The van der Waals surface area contributed by atoms with Crippen LogP contribution >= 0.6 is 0 Å². The predicted molar refractivity (Wildman–Crippen MR) is 126 cm³/mol. The smallest absolute Gasteiger partial charge is 0.366 e. The molecule has 0 N–H and O–H groups in total. The predicted octanol–water partition coefficient (Wildman–Crippen LogP) is 5.62. The van der Waals surface area contributed by atoms with E-state index in [9.17, 15) is 18.8 Å². The first kappa shape index (κ1) is 24.6. The van der Waals surface area contributed by atoms with E-state index in [1.807, 2.05) is 24.3 Å². The molecule has 6 nitrogen and oxygen atoms in total. The highest BCUT2D eigenvalue weighted by molar-refractivity contribution is 6.02. The molecule has 0 aliphatic rings. The number of fused-ring (bicyclic) bond motifs is 1. The lowest BCUT2D eigenvalue weighted by Crippen LogP contribution is -2.10. The molecule has 7 heteroatoms. The first-order valence-corrected chi connectivity index (χ1v) is 10.9. The van der Waals surface area contributed by atoms with Gasteiger partial charge in [-0.1, -0.05) is 44.2 Å². The van der Waals surface area contributed by atoms with Gasteiger partial charge >= 0.3 is 11.9 Å². The SMILES string of the molecule is C=C(F)C(=O)OCCCOc1ccc(C(=O)Oc2ccc3cc(CCC)ccc3c2C=O)cc1. The molecule has 0 spiro atoms. The Balaban J connectivity index is 1.61. The molecule has 0 saturated carbocycles. The molecule has 0 amide bonds. The fourth-order valence-electron chi connectivity index (χ4n) is 3.38. The molecule has 0 radical (unpaired) electrons. The van der Waals surface area contributed by atoms with Crippen LogP contribution in [0.15, 0.2) is 67.0 Å². The molecule has 0 unspecified atom stereocenters. The number of rotatable bonds is 11. The van der Waals surface area contributed by atoms with Crippen molar-refractivity contribution in [3.8, 4) is 11.5 Å². The fourth-order valence-corrected chi connectivity index (χ4v) is 3.38. The van der Waals surface area contributed by atoms with Crippen LogP contribution in [0.5, 0.6) is 11.5 Å². The molecule has 0 heterocycles. The van der Waals surface area contributed by atoms with Crippen molar-refractivity contribution in [1.29, 1.82) is 0 Å². The number of aldehydes is 1. The average Bonchev–Trinajstić information content (AvgIpc) is 2.84. The van der Waals surface area contributed by atoms with Gasteiger partial charge in [0.25, 0.3) is 0 Å². The number of ether oxygens (including phenoxy) is 3. The third-order valence-corrected chi connectivity index (χ3v) is 5.05. The third kappa shape index (κ3) is 6.28. The molecule has 0 atom stereocenters. The second-order valence-corrected chi connectivity index (χ2v) is 7.56. The number of carbonyl (C=O) groups excluding carboxylic acids is 3. The van der Waals surface area contributed by atoms with Crippen molar-refractivity contribution >= 4 is 29.0 Å². The van der Waals surface area contributed by atoms with E-state index < -0.39 is 17.8 Å². The van der Waals surface area contributed by atoms with Crippen LogP contribution in [0.25, 0.3) is 10.8 Å². The highest BCUT2D eigenvalue weighted by Gasteiger charge is 2.15. The molecule has 0 fully saturated rings. The van der Waals surface area contributed by atoms with Gasteiger partial charge in [-0.15, -0.1) is 0 Å². The first-order valence-electron chi connectivity index (χ1n) is 10.9. The van der Waals surface area contributed by atoms with Gasteiger partial charge in [-0.3, -0.25) is 4.79 Å². The largest absolute Gasteiger partial charge is 0.493 e. The molecule has 3 rings (SSSR count). The minimum Gasteiger partial charge on any atom is -0.493 e. The van der Waals surface area contributed by atoms with E-state index in [0.717, 1.165) is 23.6 Å². The van der Waals surface area contributed by atoms with Gasteiger partial charge in [0.15, 0.2) is 6.29 Å². The second-order valence-electron chi connectivity index (χ2n) is 7.56. The number of halogens is 1. The Kier molecular flexibility index (Phi) is 8.51. The van der Waals surface area contributed by atoms with Crippen LogP contribution in [-0.4, -0.2) is 31.4 Å². The molecule has 0 aliphatic carbocycles. The fraction of sp³-hybridized carbons (Fsp3) is 0.222. The topological polar surface area (TPSA) is 78.9 Å². The Morgan fingerprint density at radius 3 is 2.47 bits per heavy atom. The van der Waals surface area contributed by atoms with Gasteiger partial charge < -0.3 is 14.2 Å². The van der Waals surface area contributed by atoms with E-state index in [4.69, 9.17) is 9.47 Å². The third-order valence-electron chi connectivity index (χ3n) is 5.05. The van der Waals surface area contributed by atoms with Crippen molar-refractivity contribution in [2.45, 2.75) is 26.2 Å². The van der Waals surface area contributed by atoms with Crippen molar-refractivity contribution in [3.05, 3.63) is 83.7 Å². The van der Waals surface area contributed by atoms with Gasteiger partial charge in [-0.2, -0.15) is 4.39 Å². The van der Waals surface area contributed by atoms with Crippen molar-refractivity contribution in [1.82, 2.24) is 0 Å². The monoisotopic (exact) mass is 464 g/mol. The minimum absolute atomic E-state index is 0.00305.